The molecule has 0 bridgehead atoms. The molecule has 4 rings (SSSR count). The van der Waals surface area contributed by atoms with Crippen molar-refractivity contribution in [2.24, 2.45) is 14.1 Å². The highest BCUT2D eigenvalue weighted by atomic mass is 32.1. The molecule has 27 heavy (non-hydrogen) atoms. The second kappa shape index (κ2) is 7.16. The van der Waals surface area contributed by atoms with Crippen molar-refractivity contribution in [3.05, 3.63) is 52.8 Å². The molecule has 0 saturated heterocycles. The molecule has 1 aliphatic heterocycles. The van der Waals surface area contributed by atoms with Gasteiger partial charge < -0.3 is 14.0 Å². The molecule has 3 heterocycles. The van der Waals surface area contributed by atoms with Crippen molar-refractivity contribution in [3.63, 3.8) is 0 Å². The maximum absolute atomic E-state index is 6.08. The van der Waals surface area contributed by atoms with Crippen LogP contribution in [0.15, 0.2) is 36.7 Å². The Balaban J connectivity index is 1.50. The van der Waals surface area contributed by atoms with Crippen LogP contribution in [0.1, 0.15) is 17.5 Å². The largest absolute Gasteiger partial charge is 0.485 e. The van der Waals surface area contributed by atoms with Gasteiger partial charge in [0.1, 0.15) is 6.61 Å². The molecule has 8 nitrogen and oxygen atoms in total. The molecule has 1 atom stereocenters. The van der Waals surface area contributed by atoms with Crippen LogP contribution in [0.4, 0.5) is 0 Å². The molecule has 1 aromatic carbocycles. The number of para-hydroxylation sites is 2. The van der Waals surface area contributed by atoms with Crippen molar-refractivity contribution >= 4 is 12.2 Å². The Morgan fingerprint density at radius 3 is 2.78 bits per heavy atom. The summed E-state index contributed by atoms with van der Waals surface area (Å²) in [5.41, 5.74) is 1.14. The second-order valence-electron chi connectivity index (χ2n) is 6.74. The molecule has 0 spiro atoms. The van der Waals surface area contributed by atoms with Crippen LogP contribution in [-0.2, 0) is 27.3 Å². The van der Waals surface area contributed by atoms with Crippen molar-refractivity contribution in [2.45, 2.75) is 19.3 Å². The summed E-state index contributed by atoms with van der Waals surface area (Å²) in [5, 5.41) is 8.91. The van der Waals surface area contributed by atoms with Gasteiger partial charge in [-0.25, -0.2) is 4.68 Å². The average molecular weight is 386 g/mol. The third kappa shape index (κ3) is 3.60. The summed E-state index contributed by atoms with van der Waals surface area (Å²) in [5.74, 6) is 2.23. The fourth-order valence-electron chi connectivity index (χ4n) is 3.17. The zero-order chi connectivity index (χ0) is 19.0. The van der Waals surface area contributed by atoms with Crippen LogP contribution in [0.2, 0.25) is 0 Å². The minimum Gasteiger partial charge on any atom is -0.485 e. The van der Waals surface area contributed by atoms with E-state index >= 15 is 0 Å². The maximum Gasteiger partial charge on any atom is 0.198 e. The predicted octanol–water partition coefficient (Wildman–Crippen LogP) is 2.29. The number of aromatic nitrogens is 5. The molecule has 142 valence electrons. The van der Waals surface area contributed by atoms with Crippen LogP contribution < -0.4 is 9.47 Å². The van der Waals surface area contributed by atoms with E-state index in [0.717, 1.165) is 29.4 Å². The van der Waals surface area contributed by atoms with Crippen molar-refractivity contribution < 1.29 is 9.47 Å². The summed E-state index contributed by atoms with van der Waals surface area (Å²) in [4.78, 5) is 2.14. The lowest BCUT2D eigenvalue weighted by Gasteiger charge is -2.25. The summed E-state index contributed by atoms with van der Waals surface area (Å²) in [7, 11) is 5.85. The van der Waals surface area contributed by atoms with Gasteiger partial charge in [-0.2, -0.15) is 10.2 Å². The highest BCUT2D eigenvalue weighted by molar-refractivity contribution is 7.71. The first-order valence-corrected chi connectivity index (χ1v) is 9.10. The summed E-state index contributed by atoms with van der Waals surface area (Å²) in [6.07, 6.45) is 3.57. The second-order valence-corrected chi connectivity index (χ2v) is 7.11. The highest BCUT2D eigenvalue weighted by Crippen LogP contribution is 2.35. The Morgan fingerprint density at radius 2 is 2.04 bits per heavy atom. The minimum atomic E-state index is -0.295. The van der Waals surface area contributed by atoms with E-state index in [4.69, 9.17) is 26.8 Å². The van der Waals surface area contributed by atoms with E-state index < -0.39 is 0 Å². The smallest absolute Gasteiger partial charge is 0.198 e. The van der Waals surface area contributed by atoms with Gasteiger partial charge in [-0.3, -0.25) is 9.58 Å². The molecule has 0 saturated carbocycles. The van der Waals surface area contributed by atoms with E-state index in [-0.39, 0.29) is 6.10 Å². The predicted molar refractivity (Wildman–Crippen MR) is 102 cm³/mol. The third-order valence-electron chi connectivity index (χ3n) is 4.46. The van der Waals surface area contributed by atoms with Gasteiger partial charge in [0.05, 0.1) is 12.9 Å². The van der Waals surface area contributed by atoms with E-state index in [1.165, 1.54) is 0 Å². The van der Waals surface area contributed by atoms with Gasteiger partial charge in [0, 0.05) is 32.4 Å². The van der Waals surface area contributed by atoms with Crippen LogP contribution >= 0.6 is 12.2 Å². The first-order valence-electron chi connectivity index (χ1n) is 8.69. The zero-order valence-corrected chi connectivity index (χ0v) is 16.4. The number of ether oxygens (including phenoxy) is 2. The SMILES string of the molecule is CN(Cc1cnn(C)c1)Cn1nc(C2COc3ccccc3O2)n(C)c1=S. The number of benzene rings is 1. The number of hydrogen-bond donors (Lipinski definition) is 0. The Kier molecular flexibility index (Phi) is 4.71. The van der Waals surface area contributed by atoms with E-state index in [9.17, 15) is 0 Å². The molecular weight excluding hydrogens is 364 g/mol. The fraction of sp³-hybridized carbons (Fsp3) is 0.389. The first kappa shape index (κ1) is 17.7. The molecule has 0 aliphatic carbocycles. The number of nitrogens with zero attached hydrogens (tertiary/aromatic N) is 6. The molecule has 2 aromatic heterocycles. The van der Waals surface area contributed by atoms with Crippen LogP contribution in [0.5, 0.6) is 11.5 Å². The number of hydrogen-bond acceptors (Lipinski definition) is 6. The van der Waals surface area contributed by atoms with Crippen LogP contribution in [0.3, 0.4) is 0 Å². The first-order chi connectivity index (χ1) is 13.0. The fourth-order valence-corrected chi connectivity index (χ4v) is 3.36. The van der Waals surface area contributed by atoms with Gasteiger partial charge in [-0.1, -0.05) is 12.1 Å². The van der Waals surface area contributed by atoms with Crippen LogP contribution in [0.25, 0.3) is 0 Å². The number of rotatable bonds is 5. The standard InChI is InChI=1S/C18H22N6O2S/c1-21(9-13-8-19-22(2)10-13)12-24-18(27)23(3)17(20-24)16-11-25-14-6-4-5-7-15(14)26-16/h4-8,10,16H,9,11-12H2,1-3H3. The monoisotopic (exact) mass is 386 g/mol. The van der Waals surface area contributed by atoms with Gasteiger partial charge in [-0.05, 0) is 31.4 Å². The number of fused-ring (bicyclic) bond motifs is 1. The molecule has 1 unspecified atom stereocenters. The summed E-state index contributed by atoms with van der Waals surface area (Å²) in [6, 6.07) is 7.65. The lowest BCUT2D eigenvalue weighted by atomic mass is 10.2. The van der Waals surface area contributed by atoms with Crippen molar-refractivity contribution in [1.82, 2.24) is 29.0 Å². The topological polar surface area (TPSA) is 62.3 Å². The van der Waals surface area contributed by atoms with Gasteiger partial charge in [0.25, 0.3) is 0 Å². The van der Waals surface area contributed by atoms with E-state index in [1.54, 1.807) is 4.68 Å². The van der Waals surface area contributed by atoms with Crippen LogP contribution in [0, 0.1) is 4.77 Å². The molecule has 0 fully saturated rings. The summed E-state index contributed by atoms with van der Waals surface area (Å²) >= 11 is 5.57. The Bertz CT molecular complexity index is 1010. The van der Waals surface area contributed by atoms with Gasteiger partial charge in [0.15, 0.2) is 28.2 Å². The van der Waals surface area contributed by atoms with Gasteiger partial charge >= 0.3 is 0 Å². The quantitative estimate of drug-likeness (QED) is 0.627. The van der Waals surface area contributed by atoms with Crippen molar-refractivity contribution in [1.29, 1.82) is 0 Å². The zero-order valence-electron chi connectivity index (χ0n) is 15.6. The lowest BCUT2D eigenvalue weighted by molar-refractivity contribution is 0.0821. The normalized spacial score (nSPS) is 16.1. The van der Waals surface area contributed by atoms with E-state index in [1.807, 2.05) is 67.1 Å². The molecule has 9 heteroatoms. The summed E-state index contributed by atoms with van der Waals surface area (Å²) < 4.78 is 18.0. The lowest BCUT2D eigenvalue weighted by Crippen LogP contribution is -2.25. The third-order valence-corrected chi connectivity index (χ3v) is 4.94. The van der Waals surface area contributed by atoms with Gasteiger partial charge in [-0.15, -0.1) is 0 Å². The van der Waals surface area contributed by atoms with Crippen LogP contribution in [-0.4, -0.2) is 42.7 Å². The van der Waals surface area contributed by atoms with Crippen molar-refractivity contribution in [3.8, 4) is 11.5 Å². The molecule has 1 aliphatic rings. The number of aryl methyl sites for hydroxylation is 1. The Morgan fingerprint density at radius 1 is 1.26 bits per heavy atom. The van der Waals surface area contributed by atoms with Gasteiger partial charge in [0.2, 0.25) is 0 Å². The minimum absolute atomic E-state index is 0.295. The van der Waals surface area contributed by atoms with Crippen molar-refractivity contribution in [2.75, 3.05) is 13.7 Å². The maximum atomic E-state index is 6.08. The molecule has 0 radical (unpaired) electrons. The average Bonchev–Trinajstić information content (AvgIpc) is 3.19. The summed E-state index contributed by atoms with van der Waals surface area (Å²) in [6.45, 7) is 1.74. The van der Waals surface area contributed by atoms with E-state index in [2.05, 4.69) is 10.00 Å². The van der Waals surface area contributed by atoms with E-state index in [0.29, 0.717) is 18.0 Å². The molecule has 0 N–H and O–H groups in total. The highest BCUT2D eigenvalue weighted by Gasteiger charge is 2.27. The molecule has 0 amide bonds. The molecule has 3 aromatic rings. The Labute approximate surface area is 162 Å². The Hall–Kier alpha value is -2.65. The molecular formula is C18H22N6O2S.